The van der Waals surface area contributed by atoms with Crippen molar-refractivity contribution < 1.29 is 23.2 Å². The fourth-order valence-corrected chi connectivity index (χ4v) is 3.46. The number of anilines is 1. The van der Waals surface area contributed by atoms with E-state index in [9.17, 15) is 28.4 Å². The number of aromatic nitrogens is 1. The van der Waals surface area contributed by atoms with E-state index in [-0.39, 0.29) is 17.1 Å². The predicted octanol–water partition coefficient (Wildman–Crippen LogP) is 6.07. The van der Waals surface area contributed by atoms with Crippen LogP contribution < -0.4 is 5.32 Å². The van der Waals surface area contributed by atoms with Crippen LogP contribution >= 0.6 is 0 Å². The molecule has 1 atom stereocenters. The van der Waals surface area contributed by atoms with Gasteiger partial charge in [-0.2, -0.15) is 13.2 Å². The fourth-order valence-electron chi connectivity index (χ4n) is 3.46. The molecule has 0 amide bonds. The number of aromatic hydroxyl groups is 1. The highest BCUT2D eigenvalue weighted by atomic mass is 19.4. The normalized spacial score (nSPS) is 12.5. The van der Waals surface area contributed by atoms with Gasteiger partial charge in [0.1, 0.15) is 11.3 Å². The molecule has 0 saturated heterocycles. The number of rotatable bonds is 5. The van der Waals surface area contributed by atoms with Gasteiger partial charge in [0.25, 0.3) is 5.69 Å². The van der Waals surface area contributed by atoms with Crippen LogP contribution in [-0.4, -0.2) is 15.0 Å². The Bertz CT molecular complexity index is 1290. The molecule has 0 unspecified atom stereocenters. The van der Waals surface area contributed by atoms with Gasteiger partial charge in [0.2, 0.25) is 0 Å². The van der Waals surface area contributed by atoms with Gasteiger partial charge in [-0.15, -0.1) is 0 Å². The summed E-state index contributed by atoms with van der Waals surface area (Å²) >= 11 is 0. The number of hydrogen-bond acceptors (Lipinski definition) is 5. The summed E-state index contributed by atoms with van der Waals surface area (Å²) in [7, 11) is 0. The molecule has 1 aromatic heterocycles. The summed E-state index contributed by atoms with van der Waals surface area (Å²) < 4.78 is 39.5. The lowest BCUT2D eigenvalue weighted by atomic mass is 9.95. The maximum atomic E-state index is 13.2. The summed E-state index contributed by atoms with van der Waals surface area (Å²) in [5, 5.41) is 25.6. The van der Waals surface area contributed by atoms with Crippen LogP contribution in [0.4, 0.5) is 24.5 Å². The Morgan fingerprint density at radius 1 is 1.00 bits per heavy atom. The minimum atomic E-state index is -4.52. The van der Waals surface area contributed by atoms with E-state index in [1.165, 1.54) is 42.6 Å². The van der Waals surface area contributed by atoms with Crippen molar-refractivity contribution in [3.05, 3.63) is 106 Å². The van der Waals surface area contributed by atoms with E-state index >= 15 is 0 Å². The Kier molecular flexibility index (Phi) is 5.40. The first-order valence-corrected chi connectivity index (χ1v) is 9.49. The first kappa shape index (κ1) is 21.1. The van der Waals surface area contributed by atoms with Crippen LogP contribution in [0.15, 0.2) is 79.0 Å². The lowest BCUT2D eigenvalue weighted by molar-refractivity contribution is -0.384. The van der Waals surface area contributed by atoms with E-state index < -0.39 is 22.7 Å². The molecule has 4 aromatic rings. The molecule has 0 bridgehead atoms. The van der Waals surface area contributed by atoms with Crippen molar-refractivity contribution in [2.45, 2.75) is 12.2 Å². The minimum absolute atomic E-state index is 0.129. The number of benzene rings is 3. The van der Waals surface area contributed by atoms with Gasteiger partial charge in [-0.1, -0.05) is 24.3 Å². The molecule has 0 saturated carbocycles. The number of phenolic OH excluding ortho intramolecular Hbond substituents is 1. The molecule has 162 valence electrons. The molecule has 3 aromatic carbocycles. The second-order valence-corrected chi connectivity index (χ2v) is 7.08. The molecule has 9 heteroatoms. The van der Waals surface area contributed by atoms with Crippen LogP contribution in [0.25, 0.3) is 10.9 Å². The molecule has 0 spiro atoms. The number of nitro benzene ring substituents is 1. The topological polar surface area (TPSA) is 88.3 Å². The third-order valence-electron chi connectivity index (χ3n) is 5.03. The Labute approximate surface area is 180 Å². The molecule has 0 aliphatic carbocycles. The van der Waals surface area contributed by atoms with Crippen LogP contribution in [0, 0.1) is 10.1 Å². The van der Waals surface area contributed by atoms with E-state index in [1.54, 1.807) is 24.3 Å². The van der Waals surface area contributed by atoms with Crippen molar-refractivity contribution in [3.63, 3.8) is 0 Å². The van der Waals surface area contributed by atoms with E-state index in [0.29, 0.717) is 22.0 Å². The van der Waals surface area contributed by atoms with Gasteiger partial charge in [0.05, 0.1) is 16.5 Å². The first-order chi connectivity index (χ1) is 15.2. The number of nitrogens with zero attached hydrogens (tertiary/aromatic N) is 2. The Morgan fingerprint density at radius 2 is 1.75 bits per heavy atom. The van der Waals surface area contributed by atoms with Crippen molar-refractivity contribution in [3.8, 4) is 5.75 Å². The predicted molar refractivity (Wildman–Crippen MR) is 113 cm³/mol. The van der Waals surface area contributed by atoms with Crippen molar-refractivity contribution in [2.24, 2.45) is 0 Å². The standard InChI is InChI=1S/C23H16F3N3O3/c24-23(25,26)16-4-1-5-17(13-16)28-20(15-6-9-18(10-7-15)29(31)32)19-11-8-14-3-2-12-27-21(14)22(19)30/h1-13,20,28,30H/t20-/m1/s1. The van der Waals surface area contributed by atoms with E-state index in [0.717, 1.165) is 12.1 Å². The Hall–Kier alpha value is -4.14. The number of halogens is 3. The van der Waals surface area contributed by atoms with Gasteiger partial charge in [0.15, 0.2) is 0 Å². The van der Waals surface area contributed by atoms with Crippen LogP contribution in [-0.2, 0) is 6.18 Å². The highest BCUT2D eigenvalue weighted by molar-refractivity contribution is 5.86. The third-order valence-corrected chi connectivity index (χ3v) is 5.03. The zero-order chi connectivity index (χ0) is 22.9. The van der Waals surface area contributed by atoms with Gasteiger partial charge in [-0.05, 0) is 42.0 Å². The second kappa shape index (κ2) is 8.18. The van der Waals surface area contributed by atoms with Gasteiger partial charge in [-0.25, -0.2) is 0 Å². The molecule has 1 heterocycles. The van der Waals surface area contributed by atoms with Crippen molar-refractivity contribution in [2.75, 3.05) is 5.32 Å². The van der Waals surface area contributed by atoms with Crippen molar-refractivity contribution in [1.29, 1.82) is 0 Å². The molecule has 4 rings (SSSR count). The summed E-state index contributed by atoms with van der Waals surface area (Å²) in [6, 6.07) is 16.3. The lowest BCUT2D eigenvalue weighted by Crippen LogP contribution is -2.14. The lowest BCUT2D eigenvalue weighted by Gasteiger charge is -2.23. The molecule has 0 aliphatic rings. The number of pyridine rings is 1. The van der Waals surface area contributed by atoms with E-state index in [1.807, 2.05) is 0 Å². The molecule has 0 radical (unpaired) electrons. The molecular formula is C23H16F3N3O3. The Morgan fingerprint density at radius 3 is 2.44 bits per heavy atom. The van der Waals surface area contributed by atoms with Gasteiger partial charge < -0.3 is 10.4 Å². The van der Waals surface area contributed by atoms with Crippen LogP contribution in [0.3, 0.4) is 0 Å². The fraction of sp³-hybridized carbons (Fsp3) is 0.0870. The first-order valence-electron chi connectivity index (χ1n) is 9.49. The molecular weight excluding hydrogens is 423 g/mol. The zero-order valence-electron chi connectivity index (χ0n) is 16.4. The summed E-state index contributed by atoms with van der Waals surface area (Å²) in [5.74, 6) is -0.133. The smallest absolute Gasteiger partial charge is 0.416 e. The molecule has 0 aliphatic heterocycles. The van der Waals surface area contributed by atoms with Gasteiger partial charge in [0, 0.05) is 35.0 Å². The quantitative estimate of drug-likeness (QED) is 0.291. The largest absolute Gasteiger partial charge is 0.505 e. The monoisotopic (exact) mass is 439 g/mol. The van der Waals surface area contributed by atoms with Gasteiger partial charge >= 0.3 is 6.18 Å². The molecule has 32 heavy (non-hydrogen) atoms. The highest BCUT2D eigenvalue weighted by Crippen LogP contribution is 2.38. The van der Waals surface area contributed by atoms with Gasteiger partial charge in [-0.3, -0.25) is 15.1 Å². The number of hydrogen-bond donors (Lipinski definition) is 2. The number of phenols is 1. The summed E-state index contributed by atoms with van der Waals surface area (Å²) in [5.41, 5.74) is 0.429. The number of non-ortho nitro benzene ring substituents is 1. The molecule has 2 N–H and O–H groups in total. The van der Waals surface area contributed by atoms with Crippen LogP contribution in [0.5, 0.6) is 5.75 Å². The SMILES string of the molecule is O=[N+]([O-])c1ccc([C@@H](Nc2cccc(C(F)(F)F)c2)c2ccc3cccnc3c2O)cc1. The summed E-state index contributed by atoms with van der Waals surface area (Å²) in [6.45, 7) is 0. The summed E-state index contributed by atoms with van der Waals surface area (Å²) in [4.78, 5) is 14.7. The molecule has 6 nitrogen and oxygen atoms in total. The zero-order valence-corrected chi connectivity index (χ0v) is 16.4. The molecule has 0 fully saturated rings. The number of nitro groups is 1. The van der Waals surface area contributed by atoms with Crippen LogP contribution in [0.1, 0.15) is 22.7 Å². The van der Waals surface area contributed by atoms with Crippen LogP contribution in [0.2, 0.25) is 0 Å². The average molecular weight is 439 g/mol. The second-order valence-electron chi connectivity index (χ2n) is 7.08. The Balaban J connectivity index is 1.82. The average Bonchev–Trinajstić information content (AvgIpc) is 2.78. The number of alkyl halides is 3. The van der Waals surface area contributed by atoms with E-state index in [4.69, 9.17) is 0 Å². The van der Waals surface area contributed by atoms with Crippen molar-refractivity contribution in [1.82, 2.24) is 4.98 Å². The third kappa shape index (κ3) is 4.18. The maximum Gasteiger partial charge on any atom is 0.416 e. The maximum absolute atomic E-state index is 13.2. The highest BCUT2D eigenvalue weighted by Gasteiger charge is 2.31. The minimum Gasteiger partial charge on any atom is -0.505 e. The van der Waals surface area contributed by atoms with Crippen molar-refractivity contribution >= 4 is 22.3 Å². The number of fused-ring (bicyclic) bond motifs is 1. The number of nitrogens with one attached hydrogen (secondary N) is 1. The van der Waals surface area contributed by atoms with E-state index in [2.05, 4.69) is 10.3 Å². The summed E-state index contributed by atoms with van der Waals surface area (Å²) in [6.07, 6.45) is -3.00.